The number of imidazole rings is 1. The van der Waals surface area contributed by atoms with Gasteiger partial charge in [0, 0.05) is 23.8 Å². The van der Waals surface area contributed by atoms with E-state index >= 15 is 0 Å². The van der Waals surface area contributed by atoms with Crippen molar-refractivity contribution in [2.24, 2.45) is 10.7 Å². The fourth-order valence-corrected chi connectivity index (χ4v) is 2.74. The van der Waals surface area contributed by atoms with Crippen molar-refractivity contribution in [3.63, 3.8) is 0 Å². The maximum absolute atomic E-state index is 10.1. The topological polar surface area (TPSA) is 109 Å². The molecule has 1 atom stereocenters. The molecule has 3 aromatic rings. The highest BCUT2D eigenvalue weighted by molar-refractivity contribution is 5.88. The Morgan fingerprint density at radius 1 is 1.26 bits per heavy atom. The molecule has 1 aromatic heterocycles. The van der Waals surface area contributed by atoms with Gasteiger partial charge in [-0.3, -0.25) is 4.99 Å². The van der Waals surface area contributed by atoms with Gasteiger partial charge < -0.3 is 25.9 Å². The van der Waals surface area contributed by atoms with Crippen molar-refractivity contribution in [3.8, 4) is 5.75 Å². The van der Waals surface area contributed by atoms with Crippen LogP contribution in [0.15, 0.2) is 60.0 Å². The first kappa shape index (κ1) is 18.7. The van der Waals surface area contributed by atoms with Crippen LogP contribution in [0.5, 0.6) is 5.75 Å². The predicted molar refractivity (Wildman–Crippen MR) is 107 cm³/mol. The molecule has 0 bridgehead atoms. The number of nitrogens with zero attached hydrogens (tertiary/aromatic N) is 2. The van der Waals surface area contributed by atoms with Gasteiger partial charge in [0.25, 0.3) is 0 Å². The number of benzene rings is 2. The fourth-order valence-electron chi connectivity index (χ4n) is 2.74. The molecular formula is C20H25N5O2. The van der Waals surface area contributed by atoms with E-state index in [1.54, 1.807) is 6.33 Å². The molecule has 27 heavy (non-hydrogen) atoms. The van der Waals surface area contributed by atoms with E-state index in [2.05, 4.69) is 20.3 Å². The van der Waals surface area contributed by atoms with Crippen LogP contribution in [-0.2, 0) is 6.42 Å². The zero-order valence-electron chi connectivity index (χ0n) is 15.1. The normalized spacial score (nSPS) is 12.9. The van der Waals surface area contributed by atoms with Crippen molar-refractivity contribution >= 4 is 16.7 Å². The van der Waals surface area contributed by atoms with Crippen LogP contribution < -0.4 is 15.8 Å². The molecule has 142 valence electrons. The number of aliphatic imine (C=N–C) groups is 1. The molecule has 0 radical (unpaired) electrons. The molecule has 3 rings (SSSR count). The second-order valence-corrected chi connectivity index (χ2v) is 6.28. The molecule has 0 aliphatic heterocycles. The van der Waals surface area contributed by atoms with Crippen LogP contribution in [0.1, 0.15) is 12.1 Å². The van der Waals surface area contributed by atoms with Crippen LogP contribution in [-0.4, -0.2) is 46.8 Å². The number of nitrogens with two attached hydrogens (primary N) is 1. The lowest BCUT2D eigenvalue weighted by Gasteiger charge is -2.13. The quantitative estimate of drug-likeness (QED) is 0.262. The standard InChI is InChI=1S/C20H25N5O2/c21-20(23-10-4-7-16-11-22-14-25-16)24-12-17(26)13-27-19-9-3-6-15-5-1-2-8-18(15)19/h1-3,5-6,8-9,11,14,17,26H,4,7,10,12-13H2,(H,22,25)(H3,21,23,24). The molecule has 2 aromatic carbocycles. The van der Waals surface area contributed by atoms with Gasteiger partial charge in [-0.1, -0.05) is 36.4 Å². The van der Waals surface area contributed by atoms with Crippen molar-refractivity contribution in [3.05, 3.63) is 60.7 Å². The smallest absolute Gasteiger partial charge is 0.188 e. The first-order valence-corrected chi connectivity index (χ1v) is 9.02. The summed E-state index contributed by atoms with van der Waals surface area (Å²) in [5.41, 5.74) is 6.92. The maximum atomic E-state index is 10.1. The third kappa shape index (κ3) is 5.72. The number of ether oxygens (including phenoxy) is 1. The predicted octanol–water partition coefficient (Wildman–Crippen LogP) is 1.84. The lowest BCUT2D eigenvalue weighted by atomic mass is 10.1. The van der Waals surface area contributed by atoms with Gasteiger partial charge in [-0.05, 0) is 24.3 Å². The van der Waals surface area contributed by atoms with Crippen molar-refractivity contribution in [1.82, 2.24) is 15.3 Å². The van der Waals surface area contributed by atoms with Gasteiger partial charge in [-0.2, -0.15) is 0 Å². The number of rotatable bonds is 9. The monoisotopic (exact) mass is 367 g/mol. The summed E-state index contributed by atoms with van der Waals surface area (Å²) in [7, 11) is 0. The van der Waals surface area contributed by atoms with Crippen LogP contribution in [0.2, 0.25) is 0 Å². The summed E-state index contributed by atoms with van der Waals surface area (Å²) < 4.78 is 5.76. The lowest BCUT2D eigenvalue weighted by molar-refractivity contribution is 0.115. The molecule has 0 amide bonds. The summed E-state index contributed by atoms with van der Waals surface area (Å²) in [6.07, 6.45) is 4.55. The van der Waals surface area contributed by atoms with Gasteiger partial charge in [0.2, 0.25) is 0 Å². The van der Waals surface area contributed by atoms with E-state index in [1.807, 2.05) is 48.7 Å². The van der Waals surface area contributed by atoms with Gasteiger partial charge in [0.1, 0.15) is 18.5 Å². The van der Waals surface area contributed by atoms with Gasteiger partial charge >= 0.3 is 0 Å². The summed E-state index contributed by atoms with van der Waals surface area (Å²) in [6.45, 7) is 1.05. The van der Waals surface area contributed by atoms with Crippen molar-refractivity contribution in [2.45, 2.75) is 18.9 Å². The number of aromatic nitrogens is 2. The first-order chi connectivity index (χ1) is 13.2. The minimum absolute atomic E-state index is 0.157. The number of H-pyrrole nitrogens is 1. The average molecular weight is 367 g/mol. The number of fused-ring (bicyclic) bond motifs is 1. The third-order valence-electron chi connectivity index (χ3n) is 4.14. The molecule has 1 heterocycles. The summed E-state index contributed by atoms with van der Waals surface area (Å²) in [4.78, 5) is 11.2. The Bertz CT molecular complexity index is 858. The summed E-state index contributed by atoms with van der Waals surface area (Å²) in [6, 6.07) is 13.8. The number of aliphatic hydroxyl groups is 1. The number of hydrogen-bond donors (Lipinski definition) is 4. The number of guanidine groups is 1. The van der Waals surface area contributed by atoms with E-state index < -0.39 is 6.10 Å². The fraction of sp³-hybridized carbons (Fsp3) is 0.300. The van der Waals surface area contributed by atoms with Gasteiger partial charge in [0.15, 0.2) is 5.96 Å². The van der Waals surface area contributed by atoms with E-state index in [0.717, 1.165) is 35.1 Å². The van der Waals surface area contributed by atoms with E-state index in [1.165, 1.54) is 0 Å². The van der Waals surface area contributed by atoms with Gasteiger partial charge in [-0.15, -0.1) is 0 Å². The molecule has 0 saturated heterocycles. The summed E-state index contributed by atoms with van der Waals surface area (Å²) in [5, 5.41) is 15.3. The summed E-state index contributed by atoms with van der Waals surface area (Å²) in [5.74, 6) is 1.07. The molecule has 7 nitrogen and oxygen atoms in total. The molecule has 7 heteroatoms. The van der Waals surface area contributed by atoms with Crippen molar-refractivity contribution in [2.75, 3.05) is 19.7 Å². The molecule has 0 aliphatic carbocycles. The zero-order valence-corrected chi connectivity index (χ0v) is 15.1. The maximum Gasteiger partial charge on any atom is 0.188 e. The van der Waals surface area contributed by atoms with Crippen LogP contribution >= 0.6 is 0 Å². The largest absolute Gasteiger partial charge is 0.490 e. The third-order valence-corrected chi connectivity index (χ3v) is 4.14. The molecule has 1 unspecified atom stereocenters. The average Bonchev–Trinajstić information content (AvgIpc) is 3.21. The highest BCUT2D eigenvalue weighted by Crippen LogP contribution is 2.25. The van der Waals surface area contributed by atoms with Gasteiger partial charge in [-0.25, -0.2) is 4.98 Å². The Kier molecular flexibility index (Phi) is 6.65. The highest BCUT2D eigenvalue weighted by Gasteiger charge is 2.07. The van der Waals surface area contributed by atoms with Crippen molar-refractivity contribution < 1.29 is 9.84 Å². The Morgan fingerprint density at radius 2 is 2.11 bits per heavy atom. The number of aliphatic hydroxyl groups excluding tert-OH is 1. The van der Waals surface area contributed by atoms with E-state index in [0.29, 0.717) is 12.5 Å². The number of aryl methyl sites for hydroxylation is 1. The Balaban J connectivity index is 1.39. The van der Waals surface area contributed by atoms with E-state index in [9.17, 15) is 5.11 Å². The second kappa shape index (κ2) is 9.59. The molecule has 5 N–H and O–H groups in total. The Labute approximate surface area is 158 Å². The molecule has 0 aliphatic rings. The molecule has 0 spiro atoms. The Morgan fingerprint density at radius 3 is 2.96 bits per heavy atom. The minimum Gasteiger partial charge on any atom is -0.490 e. The van der Waals surface area contributed by atoms with Crippen LogP contribution in [0.4, 0.5) is 0 Å². The number of aromatic amines is 1. The highest BCUT2D eigenvalue weighted by atomic mass is 16.5. The lowest BCUT2D eigenvalue weighted by Crippen LogP contribution is -2.34. The summed E-state index contributed by atoms with van der Waals surface area (Å²) >= 11 is 0. The van der Waals surface area contributed by atoms with E-state index in [4.69, 9.17) is 10.5 Å². The van der Waals surface area contributed by atoms with Gasteiger partial charge in [0.05, 0.1) is 12.9 Å². The number of nitrogens with one attached hydrogen (secondary N) is 2. The van der Waals surface area contributed by atoms with E-state index in [-0.39, 0.29) is 13.2 Å². The van der Waals surface area contributed by atoms with Crippen LogP contribution in [0.25, 0.3) is 10.8 Å². The minimum atomic E-state index is -0.727. The molecule has 0 saturated carbocycles. The van der Waals surface area contributed by atoms with Crippen molar-refractivity contribution in [1.29, 1.82) is 0 Å². The number of hydrogen-bond acceptors (Lipinski definition) is 4. The molecule has 0 fully saturated rings. The first-order valence-electron chi connectivity index (χ1n) is 9.02. The molecular weight excluding hydrogens is 342 g/mol. The Hall–Kier alpha value is -3.06. The SMILES string of the molecule is NC(=NCC(O)COc1cccc2ccccc12)NCCCc1cnc[nH]1. The van der Waals surface area contributed by atoms with Crippen LogP contribution in [0, 0.1) is 0 Å². The van der Waals surface area contributed by atoms with Crippen LogP contribution in [0.3, 0.4) is 0 Å². The zero-order chi connectivity index (χ0) is 18.9. The second-order valence-electron chi connectivity index (χ2n) is 6.28.